The molecule has 3 atom stereocenters. The number of nitrogens with zero attached hydrogens (tertiary/aromatic N) is 1. The van der Waals surface area contributed by atoms with Crippen LogP contribution in [0.1, 0.15) is 72.1 Å². The van der Waals surface area contributed by atoms with E-state index in [-0.39, 0.29) is 18.6 Å². The second kappa shape index (κ2) is 10.2. The zero-order chi connectivity index (χ0) is 15.7. The van der Waals surface area contributed by atoms with E-state index in [1.165, 1.54) is 32.1 Å². The van der Waals surface area contributed by atoms with Crippen molar-refractivity contribution in [2.24, 2.45) is 0 Å². The first kappa shape index (κ1) is 18.4. The monoisotopic (exact) mass is 299 g/mol. The summed E-state index contributed by atoms with van der Waals surface area (Å²) in [5.41, 5.74) is 0. The third kappa shape index (κ3) is 7.82. The van der Waals surface area contributed by atoms with Gasteiger partial charge in [-0.1, -0.05) is 39.0 Å². The number of aliphatic carboxylic acids is 1. The van der Waals surface area contributed by atoms with E-state index in [9.17, 15) is 4.79 Å². The first-order chi connectivity index (χ1) is 10.0. The molecular formula is C17H33NO3. The summed E-state index contributed by atoms with van der Waals surface area (Å²) in [7, 11) is 0. The standard InChI is InChI=1S/C17H33NO3/c1-4-5-6-7-8-9-16(10-11-17(19)20)18-12-14(2)21-15(3)13-18/h14-16H,4-13H2,1-3H3,(H,19,20)/t14-,15+,16?. The minimum Gasteiger partial charge on any atom is -0.481 e. The molecule has 1 saturated heterocycles. The second-order valence-corrected chi connectivity index (χ2v) is 6.50. The van der Waals surface area contributed by atoms with Crippen LogP contribution in [0.25, 0.3) is 0 Å². The fraction of sp³-hybridized carbons (Fsp3) is 0.941. The summed E-state index contributed by atoms with van der Waals surface area (Å²) in [5.74, 6) is -0.680. The lowest BCUT2D eigenvalue weighted by Gasteiger charge is -2.40. The lowest BCUT2D eigenvalue weighted by atomic mass is 9.99. The molecule has 1 aliphatic rings. The van der Waals surface area contributed by atoms with Gasteiger partial charge in [0.15, 0.2) is 0 Å². The summed E-state index contributed by atoms with van der Waals surface area (Å²) < 4.78 is 5.79. The lowest BCUT2D eigenvalue weighted by Crippen LogP contribution is -2.50. The van der Waals surface area contributed by atoms with Crippen molar-refractivity contribution in [2.45, 2.75) is 90.4 Å². The van der Waals surface area contributed by atoms with E-state index in [2.05, 4.69) is 25.7 Å². The van der Waals surface area contributed by atoms with Gasteiger partial charge >= 0.3 is 5.97 Å². The molecule has 0 bridgehead atoms. The quantitative estimate of drug-likeness (QED) is 0.625. The van der Waals surface area contributed by atoms with Crippen molar-refractivity contribution >= 4 is 5.97 Å². The lowest BCUT2D eigenvalue weighted by molar-refractivity contribution is -0.137. The molecule has 0 aromatic heterocycles. The maximum absolute atomic E-state index is 10.9. The summed E-state index contributed by atoms with van der Waals surface area (Å²) in [6, 6.07) is 0.400. The Morgan fingerprint density at radius 1 is 1.14 bits per heavy atom. The summed E-state index contributed by atoms with van der Waals surface area (Å²) in [6.45, 7) is 8.32. The number of carboxylic acids is 1. The Morgan fingerprint density at radius 2 is 1.76 bits per heavy atom. The molecule has 124 valence electrons. The van der Waals surface area contributed by atoms with E-state index >= 15 is 0 Å². The summed E-state index contributed by atoms with van der Waals surface area (Å²) >= 11 is 0. The van der Waals surface area contributed by atoms with Crippen LogP contribution < -0.4 is 0 Å². The first-order valence-electron chi connectivity index (χ1n) is 8.64. The van der Waals surface area contributed by atoms with Gasteiger partial charge in [0.2, 0.25) is 0 Å². The van der Waals surface area contributed by atoms with Crippen LogP contribution >= 0.6 is 0 Å². The predicted octanol–water partition coefficient (Wildman–Crippen LogP) is 3.69. The average Bonchev–Trinajstić information content (AvgIpc) is 2.40. The van der Waals surface area contributed by atoms with Crippen LogP contribution in [0.2, 0.25) is 0 Å². The molecule has 1 aliphatic heterocycles. The van der Waals surface area contributed by atoms with Crippen LogP contribution in [0, 0.1) is 0 Å². The maximum atomic E-state index is 10.9. The van der Waals surface area contributed by atoms with Crippen LogP contribution in [-0.2, 0) is 9.53 Å². The number of ether oxygens (including phenoxy) is 1. The zero-order valence-corrected chi connectivity index (χ0v) is 14.0. The highest BCUT2D eigenvalue weighted by atomic mass is 16.5. The van der Waals surface area contributed by atoms with Crippen LogP contribution in [-0.4, -0.2) is 47.3 Å². The maximum Gasteiger partial charge on any atom is 0.303 e. The molecular weight excluding hydrogens is 266 g/mol. The summed E-state index contributed by atoms with van der Waals surface area (Å²) in [4.78, 5) is 13.3. The largest absolute Gasteiger partial charge is 0.481 e. The van der Waals surface area contributed by atoms with E-state index in [0.29, 0.717) is 6.04 Å². The SMILES string of the molecule is CCCCCCCC(CCC(=O)O)N1C[C@@H](C)O[C@@H](C)C1. The number of rotatable bonds is 10. The van der Waals surface area contributed by atoms with Crippen LogP contribution in [0.4, 0.5) is 0 Å². The predicted molar refractivity (Wildman–Crippen MR) is 85.6 cm³/mol. The van der Waals surface area contributed by atoms with Gasteiger partial charge in [0.25, 0.3) is 0 Å². The first-order valence-corrected chi connectivity index (χ1v) is 8.64. The normalized spacial score (nSPS) is 24.9. The highest BCUT2D eigenvalue weighted by Crippen LogP contribution is 2.21. The minimum absolute atomic E-state index is 0.251. The Kier molecular flexibility index (Phi) is 8.93. The van der Waals surface area contributed by atoms with Gasteiger partial charge in [-0.15, -0.1) is 0 Å². The van der Waals surface area contributed by atoms with E-state index in [1.54, 1.807) is 0 Å². The third-order valence-electron chi connectivity index (χ3n) is 4.30. The molecule has 0 spiro atoms. The van der Waals surface area contributed by atoms with Gasteiger partial charge in [-0.3, -0.25) is 9.69 Å². The fourth-order valence-corrected chi connectivity index (χ4v) is 3.30. The van der Waals surface area contributed by atoms with Crippen LogP contribution in [0.15, 0.2) is 0 Å². The van der Waals surface area contributed by atoms with Crippen molar-refractivity contribution in [1.29, 1.82) is 0 Å². The highest BCUT2D eigenvalue weighted by molar-refractivity contribution is 5.66. The van der Waals surface area contributed by atoms with E-state index < -0.39 is 5.97 Å². The number of hydrogen-bond acceptors (Lipinski definition) is 3. The Hall–Kier alpha value is -0.610. The number of hydrogen-bond donors (Lipinski definition) is 1. The molecule has 0 amide bonds. The van der Waals surface area contributed by atoms with Crippen molar-refractivity contribution in [3.05, 3.63) is 0 Å². The third-order valence-corrected chi connectivity index (χ3v) is 4.30. The van der Waals surface area contributed by atoms with Crippen LogP contribution in [0.5, 0.6) is 0 Å². The Balaban J connectivity index is 2.44. The van der Waals surface area contributed by atoms with Crippen molar-refractivity contribution in [3.8, 4) is 0 Å². The molecule has 0 saturated carbocycles. The minimum atomic E-state index is -0.680. The van der Waals surface area contributed by atoms with E-state index in [1.807, 2.05) is 0 Å². The molecule has 1 rings (SSSR count). The number of unbranched alkanes of at least 4 members (excludes halogenated alkanes) is 4. The number of carboxylic acid groups (broad SMARTS) is 1. The highest BCUT2D eigenvalue weighted by Gasteiger charge is 2.27. The van der Waals surface area contributed by atoms with E-state index in [4.69, 9.17) is 9.84 Å². The second-order valence-electron chi connectivity index (χ2n) is 6.50. The molecule has 21 heavy (non-hydrogen) atoms. The van der Waals surface area contributed by atoms with Crippen molar-refractivity contribution in [1.82, 2.24) is 4.90 Å². The van der Waals surface area contributed by atoms with Gasteiger partial charge in [-0.25, -0.2) is 0 Å². The molecule has 0 aromatic rings. The molecule has 4 heteroatoms. The summed E-state index contributed by atoms with van der Waals surface area (Å²) in [6.07, 6.45) is 9.03. The van der Waals surface area contributed by atoms with Crippen molar-refractivity contribution < 1.29 is 14.6 Å². The van der Waals surface area contributed by atoms with Crippen molar-refractivity contribution in [3.63, 3.8) is 0 Å². The van der Waals surface area contributed by atoms with Gasteiger partial charge in [-0.2, -0.15) is 0 Å². The van der Waals surface area contributed by atoms with Gasteiger partial charge in [0.05, 0.1) is 12.2 Å². The van der Waals surface area contributed by atoms with Crippen molar-refractivity contribution in [2.75, 3.05) is 13.1 Å². The molecule has 0 aromatic carbocycles. The molecule has 1 heterocycles. The Bertz CT molecular complexity index is 286. The number of carbonyl (C=O) groups is 1. The smallest absolute Gasteiger partial charge is 0.303 e. The van der Waals surface area contributed by atoms with Crippen LogP contribution in [0.3, 0.4) is 0 Å². The summed E-state index contributed by atoms with van der Waals surface area (Å²) in [5, 5.41) is 8.96. The van der Waals surface area contributed by atoms with Gasteiger partial charge < -0.3 is 9.84 Å². The molecule has 0 radical (unpaired) electrons. The Morgan fingerprint density at radius 3 is 2.33 bits per heavy atom. The topological polar surface area (TPSA) is 49.8 Å². The average molecular weight is 299 g/mol. The Labute approximate surface area is 129 Å². The molecule has 1 fully saturated rings. The zero-order valence-electron chi connectivity index (χ0n) is 14.0. The molecule has 4 nitrogen and oxygen atoms in total. The van der Waals surface area contributed by atoms with Gasteiger partial charge in [0, 0.05) is 25.6 Å². The molecule has 1 N–H and O–H groups in total. The van der Waals surface area contributed by atoms with E-state index in [0.717, 1.165) is 25.9 Å². The van der Waals surface area contributed by atoms with Gasteiger partial charge in [-0.05, 0) is 26.7 Å². The molecule has 1 unspecified atom stereocenters. The number of morpholine rings is 1. The fourth-order valence-electron chi connectivity index (χ4n) is 3.30. The van der Waals surface area contributed by atoms with Gasteiger partial charge in [0.1, 0.15) is 0 Å². The molecule has 0 aliphatic carbocycles.